The van der Waals surface area contributed by atoms with Crippen LogP contribution in [0.4, 0.5) is 5.13 Å². The molecular weight excluding hydrogens is 522 g/mol. The number of ether oxygens (including phenoxy) is 2. The first-order valence-corrected chi connectivity index (χ1v) is 13.7. The molecule has 1 aromatic rings. The molecule has 1 aliphatic carbocycles. The highest BCUT2D eigenvalue weighted by Crippen LogP contribution is 2.41. The number of esters is 2. The van der Waals surface area contributed by atoms with Gasteiger partial charge in [-0.1, -0.05) is 24.7 Å². The third-order valence-electron chi connectivity index (χ3n) is 5.72. The molecule has 0 aromatic carbocycles. The number of nitrogens with zero attached hydrogens (tertiary/aromatic N) is 3. The van der Waals surface area contributed by atoms with Gasteiger partial charge >= 0.3 is 11.9 Å². The second-order valence-corrected chi connectivity index (χ2v) is 10.3. The minimum absolute atomic E-state index is 0.0191. The predicted molar refractivity (Wildman–Crippen MR) is 136 cm³/mol. The van der Waals surface area contributed by atoms with E-state index in [4.69, 9.17) is 20.0 Å². The minimum Gasteiger partial charge on any atom is -0.425 e. The third-order valence-corrected chi connectivity index (χ3v) is 7.69. The predicted octanol–water partition coefficient (Wildman–Crippen LogP) is 1.54. The standard InChI is InChI=1S/C23H27N5O7S2/c1-4-11-9-36-20-16(26-18(29)15(27-33-6-3)13-10-37-23(24)25-13)19(30)28(20)17(11)22(32)35-14(5-2)34-21(31)12-7-8-12/h4,10,12,14,16,20H,1,5-9H2,2-3H3,(H2,24,25)(H,26,29)/t14?,16?,20-/m1/s1. The number of allylic oxidation sites excluding steroid dienone is 1. The Bertz CT molecular complexity index is 1180. The number of nitrogens with one attached hydrogen (secondary N) is 1. The molecule has 1 saturated carbocycles. The zero-order chi connectivity index (χ0) is 26.7. The quantitative estimate of drug-likeness (QED) is 0.136. The Balaban J connectivity index is 1.47. The number of nitrogen functional groups attached to an aromatic ring is 1. The number of carbonyl (C=O) groups excluding carboxylic acids is 4. The van der Waals surface area contributed by atoms with Gasteiger partial charge in [-0.3, -0.25) is 19.3 Å². The van der Waals surface area contributed by atoms with Crippen molar-refractivity contribution in [3.05, 3.63) is 35.0 Å². The number of carbonyl (C=O) groups is 4. The number of rotatable bonds is 11. The van der Waals surface area contributed by atoms with Gasteiger partial charge in [0, 0.05) is 17.6 Å². The van der Waals surface area contributed by atoms with Crippen LogP contribution in [0.3, 0.4) is 0 Å². The Kier molecular flexibility index (Phi) is 8.17. The van der Waals surface area contributed by atoms with Crippen molar-refractivity contribution in [3.8, 4) is 0 Å². The molecule has 37 heavy (non-hydrogen) atoms. The van der Waals surface area contributed by atoms with Crippen LogP contribution in [0.1, 0.15) is 38.8 Å². The molecule has 0 spiro atoms. The van der Waals surface area contributed by atoms with E-state index in [-0.39, 0.29) is 41.2 Å². The van der Waals surface area contributed by atoms with Gasteiger partial charge in [-0.15, -0.1) is 23.1 Å². The van der Waals surface area contributed by atoms with E-state index < -0.39 is 41.5 Å². The molecule has 2 aliphatic heterocycles. The molecule has 1 aromatic heterocycles. The van der Waals surface area contributed by atoms with E-state index in [2.05, 4.69) is 22.0 Å². The Hall–Kier alpha value is -3.39. The number of oxime groups is 1. The lowest BCUT2D eigenvalue weighted by Crippen LogP contribution is -2.71. The Morgan fingerprint density at radius 2 is 2.11 bits per heavy atom. The zero-order valence-electron chi connectivity index (χ0n) is 20.3. The van der Waals surface area contributed by atoms with Crippen molar-refractivity contribution in [1.82, 2.24) is 15.2 Å². The van der Waals surface area contributed by atoms with Crippen LogP contribution in [0.15, 0.2) is 34.5 Å². The molecule has 3 heterocycles. The molecule has 0 bridgehead atoms. The number of fused-ring (bicyclic) bond motifs is 1. The van der Waals surface area contributed by atoms with Crippen LogP contribution in [0.5, 0.6) is 0 Å². The van der Waals surface area contributed by atoms with Crippen molar-refractivity contribution in [2.75, 3.05) is 18.1 Å². The lowest BCUT2D eigenvalue weighted by molar-refractivity contribution is -0.188. The molecule has 14 heteroatoms. The van der Waals surface area contributed by atoms with Gasteiger partial charge in [0.25, 0.3) is 11.8 Å². The van der Waals surface area contributed by atoms with E-state index in [1.165, 1.54) is 22.7 Å². The Labute approximate surface area is 221 Å². The molecule has 2 unspecified atom stereocenters. The first kappa shape index (κ1) is 26.7. The number of anilines is 1. The normalized spacial score (nSPS) is 21.9. The molecule has 3 N–H and O–H groups in total. The number of thiazole rings is 1. The van der Waals surface area contributed by atoms with Crippen LogP contribution in [0.25, 0.3) is 0 Å². The van der Waals surface area contributed by atoms with Crippen LogP contribution < -0.4 is 11.1 Å². The lowest BCUT2D eigenvalue weighted by atomic mass is 10.0. The summed E-state index contributed by atoms with van der Waals surface area (Å²) in [7, 11) is 0. The molecule has 12 nitrogen and oxygen atoms in total. The molecular formula is C23H27N5O7S2. The smallest absolute Gasteiger partial charge is 0.358 e. The Morgan fingerprint density at radius 3 is 2.70 bits per heavy atom. The average Bonchev–Trinajstić information content (AvgIpc) is 3.66. The van der Waals surface area contributed by atoms with Crippen molar-refractivity contribution in [3.63, 3.8) is 0 Å². The second-order valence-electron chi connectivity index (χ2n) is 8.32. The van der Waals surface area contributed by atoms with Gasteiger partial charge in [0.05, 0.1) is 5.92 Å². The fraction of sp³-hybridized carbons (Fsp3) is 0.478. The number of amides is 2. The average molecular weight is 550 g/mol. The maximum atomic E-state index is 13.1. The van der Waals surface area contributed by atoms with Crippen molar-refractivity contribution < 1.29 is 33.5 Å². The molecule has 1 saturated heterocycles. The summed E-state index contributed by atoms with van der Waals surface area (Å²) < 4.78 is 10.7. The molecule has 3 atom stereocenters. The van der Waals surface area contributed by atoms with Crippen molar-refractivity contribution >= 4 is 57.7 Å². The minimum atomic E-state index is -1.07. The largest absolute Gasteiger partial charge is 0.425 e. The van der Waals surface area contributed by atoms with Gasteiger partial charge in [-0.25, -0.2) is 9.78 Å². The van der Waals surface area contributed by atoms with Gasteiger partial charge in [0.1, 0.15) is 29.4 Å². The van der Waals surface area contributed by atoms with Gasteiger partial charge in [0.15, 0.2) is 10.8 Å². The highest BCUT2D eigenvalue weighted by molar-refractivity contribution is 8.00. The lowest BCUT2D eigenvalue weighted by Gasteiger charge is -2.49. The van der Waals surface area contributed by atoms with Crippen LogP contribution in [0, 0.1) is 5.92 Å². The number of aromatic nitrogens is 1. The summed E-state index contributed by atoms with van der Waals surface area (Å²) >= 11 is 2.50. The van der Waals surface area contributed by atoms with Gasteiger partial charge in [0.2, 0.25) is 6.29 Å². The molecule has 4 rings (SSSR count). The van der Waals surface area contributed by atoms with E-state index >= 15 is 0 Å². The fourth-order valence-corrected chi connectivity index (χ4v) is 5.53. The van der Waals surface area contributed by atoms with Gasteiger partial charge in [-0.2, -0.15) is 0 Å². The van der Waals surface area contributed by atoms with Crippen LogP contribution >= 0.6 is 23.1 Å². The molecule has 3 aliphatic rings. The maximum Gasteiger partial charge on any atom is 0.358 e. The number of hydrogen-bond acceptors (Lipinski definition) is 12. The van der Waals surface area contributed by atoms with Gasteiger partial charge in [-0.05, 0) is 25.3 Å². The van der Waals surface area contributed by atoms with Crippen molar-refractivity contribution in [1.29, 1.82) is 0 Å². The summed E-state index contributed by atoms with van der Waals surface area (Å²) in [6, 6.07) is -0.927. The van der Waals surface area contributed by atoms with Crippen LogP contribution in [-0.4, -0.2) is 69.4 Å². The molecule has 0 radical (unpaired) electrons. The number of nitrogens with two attached hydrogens (primary N) is 1. The summed E-state index contributed by atoms with van der Waals surface area (Å²) in [6.45, 7) is 7.39. The highest BCUT2D eigenvalue weighted by atomic mass is 32.2. The van der Waals surface area contributed by atoms with Gasteiger partial charge < -0.3 is 25.4 Å². The monoisotopic (exact) mass is 549 g/mol. The molecule has 198 valence electrons. The molecule has 2 fully saturated rings. The summed E-state index contributed by atoms with van der Waals surface area (Å²) in [6.07, 6.45) is 2.19. The van der Waals surface area contributed by atoms with E-state index in [0.29, 0.717) is 11.3 Å². The zero-order valence-corrected chi connectivity index (χ0v) is 21.9. The van der Waals surface area contributed by atoms with Crippen LogP contribution in [0.2, 0.25) is 0 Å². The summed E-state index contributed by atoms with van der Waals surface area (Å²) in [4.78, 5) is 61.7. The molecule has 2 amide bonds. The van der Waals surface area contributed by atoms with E-state index in [9.17, 15) is 19.2 Å². The van der Waals surface area contributed by atoms with E-state index in [1.54, 1.807) is 19.2 Å². The Morgan fingerprint density at radius 1 is 1.35 bits per heavy atom. The van der Waals surface area contributed by atoms with E-state index in [0.717, 1.165) is 24.2 Å². The van der Waals surface area contributed by atoms with Crippen molar-refractivity contribution in [2.24, 2.45) is 11.1 Å². The number of hydrogen-bond donors (Lipinski definition) is 2. The number of thioether (sulfide) groups is 1. The third kappa shape index (κ3) is 5.64. The number of β-lactam (4-membered cyclic amide) rings is 1. The summed E-state index contributed by atoms with van der Waals surface area (Å²) in [5.74, 6) is -2.17. The SMILES string of the molecule is C=CC1=C(C(=O)OC(CC)OC(=O)C2CC2)N2C(=O)C(NC(=O)C(=NOCC)c3csc(N)n3)[C@H]2SC1. The first-order valence-electron chi connectivity index (χ1n) is 11.7. The van der Waals surface area contributed by atoms with E-state index in [1.807, 2.05) is 0 Å². The van der Waals surface area contributed by atoms with Crippen molar-refractivity contribution in [2.45, 2.75) is 50.8 Å². The summed E-state index contributed by atoms with van der Waals surface area (Å²) in [5.41, 5.74) is 6.31. The topological polar surface area (TPSA) is 163 Å². The second kappa shape index (κ2) is 11.3. The van der Waals surface area contributed by atoms with Crippen LogP contribution in [-0.2, 0) is 33.5 Å². The first-order chi connectivity index (χ1) is 17.8. The summed E-state index contributed by atoms with van der Waals surface area (Å²) in [5, 5.41) is 7.75. The fourth-order valence-electron chi connectivity index (χ4n) is 3.64. The maximum absolute atomic E-state index is 13.1. The highest BCUT2D eigenvalue weighted by Gasteiger charge is 2.54.